The summed E-state index contributed by atoms with van der Waals surface area (Å²) >= 11 is 0. The number of nitrogens with one attached hydrogen (secondary N) is 1. The van der Waals surface area contributed by atoms with Gasteiger partial charge in [0, 0.05) is 25.2 Å². The smallest absolute Gasteiger partial charge is 0.333 e. The van der Waals surface area contributed by atoms with E-state index in [0.717, 1.165) is 13.1 Å². The Hall–Kier alpha value is -1.82. The van der Waals surface area contributed by atoms with Gasteiger partial charge in [-0.3, -0.25) is 10.1 Å². The average Bonchev–Trinajstić information content (AvgIpc) is 2.41. The zero-order chi connectivity index (χ0) is 14.7. The number of para-hydroxylation sites is 1. The third kappa shape index (κ3) is 2.85. The lowest BCUT2D eigenvalue weighted by Gasteiger charge is -2.38. The quantitative estimate of drug-likeness (QED) is 0.676. The summed E-state index contributed by atoms with van der Waals surface area (Å²) in [6.45, 7) is 7.95. The predicted octanol–water partition coefficient (Wildman–Crippen LogP) is 2.18. The van der Waals surface area contributed by atoms with Crippen molar-refractivity contribution in [3.05, 3.63) is 28.3 Å². The maximum absolute atomic E-state index is 11.4. The van der Waals surface area contributed by atoms with Crippen LogP contribution in [-0.2, 0) is 0 Å². The van der Waals surface area contributed by atoms with Gasteiger partial charge >= 0.3 is 5.69 Å². The molecule has 0 radical (unpaired) electrons. The number of nitro benzene ring substituents is 1. The fraction of sp³-hybridized carbons (Fsp3) is 0.571. The zero-order valence-electron chi connectivity index (χ0n) is 12.1. The summed E-state index contributed by atoms with van der Waals surface area (Å²) in [7, 11) is 0. The summed E-state index contributed by atoms with van der Waals surface area (Å²) < 4.78 is 5.41. The van der Waals surface area contributed by atoms with Crippen LogP contribution >= 0.6 is 0 Å². The van der Waals surface area contributed by atoms with Crippen LogP contribution in [0.15, 0.2) is 18.2 Å². The molecule has 0 spiro atoms. The first-order valence-electron chi connectivity index (χ1n) is 6.94. The minimum atomic E-state index is -0.347. The fourth-order valence-corrected chi connectivity index (χ4v) is 2.56. The molecule has 1 fully saturated rings. The van der Waals surface area contributed by atoms with E-state index in [2.05, 4.69) is 24.1 Å². The average molecular weight is 279 g/mol. The standard InChI is InChI=1S/C14H21N3O3/c1-4-20-13-7-5-6-12(14(13)17(18)19)16-9-10(2)15-8-11(16)3/h5-7,10-11,15H,4,8-9H2,1-3H3. The molecule has 0 aliphatic carbocycles. The molecule has 110 valence electrons. The lowest BCUT2D eigenvalue weighted by atomic mass is 10.1. The summed E-state index contributed by atoms with van der Waals surface area (Å²) in [6, 6.07) is 5.78. The van der Waals surface area contributed by atoms with E-state index in [0.29, 0.717) is 24.1 Å². The van der Waals surface area contributed by atoms with Gasteiger partial charge in [0.15, 0.2) is 5.75 Å². The Labute approximate surface area is 118 Å². The van der Waals surface area contributed by atoms with E-state index in [9.17, 15) is 10.1 Å². The first-order valence-corrected chi connectivity index (χ1v) is 6.94. The molecule has 0 saturated carbocycles. The van der Waals surface area contributed by atoms with E-state index in [4.69, 9.17) is 4.74 Å². The summed E-state index contributed by atoms with van der Waals surface area (Å²) in [5, 5.41) is 14.8. The molecule has 1 aromatic carbocycles. The first-order chi connectivity index (χ1) is 9.54. The van der Waals surface area contributed by atoms with Crippen molar-refractivity contribution in [1.29, 1.82) is 0 Å². The van der Waals surface area contributed by atoms with E-state index < -0.39 is 0 Å². The molecule has 2 rings (SSSR count). The number of nitrogens with zero attached hydrogens (tertiary/aromatic N) is 2. The second-order valence-electron chi connectivity index (χ2n) is 5.12. The van der Waals surface area contributed by atoms with Crippen molar-refractivity contribution in [2.45, 2.75) is 32.9 Å². The van der Waals surface area contributed by atoms with Gasteiger partial charge in [-0.05, 0) is 32.9 Å². The largest absolute Gasteiger partial charge is 0.487 e. The van der Waals surface area contributed by atoms with Crippen molar-refractivity contribution in [3.8, 4) is 5.75 Å². The van der Waals surface area contributed by atoms with Crippen molar-refractivity contribution in [2.24, 2.45) is 0 Å². The van der Waals surface area contributed by atoms with Gasteiger partial charge in [-0.25, -0.2) is 0 Å². The first kappa shape index (κ1) is 14.6. The summed E-state index contributed by atoms with van der Waals surface area (Å²) in [5.74, 6) is 0.341. The van der Waals surface area contributed by atoms with Crippen LogP contribution in [0.3, 0.4) is 0 Å². The normalized spacial score (nSPS) is 22.6. The molecule has 0 amide bonds. The van der Waals surface area contributed by atoms with E-state index in [1.807, 2.05) is 13.0 Å². The van der Waals surface area contributed by atoms with Gasteiger partial charge in [0.25, 0.3) is 0 Å². The minimum Gasteiger partial charge on any atom is -0.487 e. The van der Waals surface area contributed by atoms with Gasteiger partial charge < -0.3 is 15.0 Å². The number of benzene rings is 1. The third-order valence-corrected chi connectivity index (χ3v) is 3.53. The van der Waals surface area contributed by atoms with Crippen molar-refractivity contribution < 1.29 is 9.66 Å². The number of hydrogen-bond acceptors (Lipinski definition) is 5. The Morgan fingerprint density at radius 2 is 2.25 bits per heavy atom. The Balaban J connectivity index is 2.44. The van der Waals surface area contributed by atoms with Gasteiger partial charge in [0.1, 0.15) is 5.69 Å². The van der Waals surface area contributed by atoms with Crippen LogP contribution in [0.5, 0.6) is 5.75 Å². The molecule has 1 N–H and O–H groups in total. The molecule has 6 nitrogen and oxygen atoms in total. The number of nitro groups is 1. The van der Waals surface area contributed by atoms with E-state index >= 15 is 0 Å². The molecule has 1 aromatic rings. The van der Waals surface area contributed by atoms with E-state index in [1.165, 1.54) is 0 Å². The Morgan fingerprint density at radius 1 is 1.50 bits per heavy atom. The second kappa shape index (κ2) is 6.09. The van der Waals surface area contributed by atoms with Crippen LogP contribution in [0.25, 0.3) is 0 Å². The van der Waals surface area contributed by atoms with Gasteiger partial charge in [0.05, 0.1) is 11.5 Å². The summed E-state index contributed by atoms with van der Waals surface area (Å²) in [6.07, 6.45) is 0. The molecular formula is C14H21N3O3. The molecule has 0 aromatic heterocycles. The van der Waals surface area contributed by atoms with Crippen LogP contribution in [0.2, 0.25) is 0 Å². The molecule has 20 heavy (non-hydrogen) atoms. The van der Waals surface area contributed by atoms with Crippen LogP contribution in [0.4, 0.5) is 11.4 Å². The van der Waals surface area contributed by atoms with Crippen molar-refractivity contribution in [2.75, 3.05) is 24.6 Å². The fourth-order valence-electron chi connectivity index (χ4n) is 2.56. The lowest BCUT2D eigenvalue weighted by molar-refractivity contribution is -0.385. The van der Waals surface area contributed by atoms with Crippen molar-refractivity contribution >= 4 is 11.4 Å². The Bertz CT molecular complexity index is 493. The van der Waals surface area contributed by atoms with Crippen LogP contribution in [-0.4, -0.2) is 36.7 Å². The number of ether oxygens (including phenoxy) is 1. The zero-order valence-corrected chi connectivity index (χ0v) is 12.1. The van der Waals surface area contributed by atoms with Crippen LogP contribution in [0, 0.1) is 10.1 Å². The maximum Gasteiger partial charge on any atom is 0.333 e. The number of piperazine rings is 1. The highest BCUT2D eigenvalue weighted by Gasteiger charge is 2.30. The molecule has 1 heterocycles. The van der Waals surface area contributed by atoms with Crippen molar-refractivity contribution in [1.82, 2.24) is 5.32 Å². The monoisotopic (exact) mass is 279 g/mol. The molecular weight excluding hydrogens is 258 g/mol. The molecule has 2 unspecified atom stereocenters. The summed E-state index contributed by atoms with van der Waals surface area (Å²) in [4.78, 5) is 13.2. The topological polar surface area (TPSA) is 67.6 Å². The number of hydrogen-bond donors (Lipinski definition) is 1. The van der Waals surface area contributed by atoms with Crippen LogP contribution < -0.4 is 15.0 Å². The maximum atomic E-state index is 11.4. The molecule has 1 aliphatic rings. The molecule has 1 aliphatic heterocycles. The SMILES string of the molecule is CCOc1cccc(N2CC(C)NCC2C)c1[N+](=O)[O-]. The van der Waals surface area contributed by atoms with Gasteiger partial charge in [0.2, 0.25) is 0 Å². The van der Waals surface area contributed by atoms with Crippen LogP contribution in [0.1, 0.15) is 20.8 Å². The van der Waals surface area contributed by atoms with E-state index in [-0.39, 0.29) is 16.7 Å². The highest BCUT2D eigenvalue weighted by molar-refractivity contribution is 5.70. The predicted molar refractivity (Wildman–Crippen MR) is 78.5 cm³/mol. The molecule has 0 bridgehead atoms. The molecule has 2 atom stereocenters. The highest BCUT2D eigenvalue weighted by atomic mass is 16.6. The third-order valence-electron chi connectivity index (χ3n) is 3.53. The van der Waals surface area contributed by atoms with E-state index in [1.54, 1.807) is 12.1 Å². The van der Waals surface area contributed by atoms with Gasteiger partial charge in [-0.1, -0.05) is 6.07 Å². The Morgan fingerprint density at radius 3 is 2.90 bits per heavy atom. The second-order valence-corrected chi connectivity index (χ2v) is 5.12. The van der Waals surface area contributed by atoms with Gasteiger partial charge in [-0.2, -0.15) is 0 Å². The molecule has 6 heteroatoms. The van der Waals surface area contributed by atoms with Gasteiger partial charge in [-0.15, -0.1) is 0 Å². The number of anilines is 1. The Kier molecular flexibility index (Phi) is 4.44. The highest BCUT2D eigenvalue weighted by Crippen LogP contribution is 2.38. The lowest BCUT2D eigenvalue weighted by Crippen LogP contribution is -2.54. The molecule has 1 saturated heterocycles. The van der Waals surface area contributed by atoms with Crippen molar-refractivity contribution in [3.63, 3.8) is 0 Å². The number of rotatable bonds is 4. The summed E-state index contributed by atoms with van der Waals surface area (Å²) in [5.41, 5.74) is 0.706. The minimum absolute atomic E-state index is 0.0651.